The Kier molecular flexibility index (Phi) is 23.2. The van der Waals surface area contributed by atoms with Gasteiger partial charge in [-0.1, -0.05) is 24.3 Å². The van der Waals surface area contributed by atoms with Gasteiger partial charge in [0.25, 0.3) is 0 Å². The van der Waals surface area contributed by atoms with Gasteiger partial charge in [-0.15, -0.1) is 0 Å². The summed E-state index contributed by atoms with van der Waals surface area (Å²) in [5, 5.41) is 95.4. The monoisotopic (exact) mass is 1100 g/mol. The molecule has 8 rings (SSSR count). The molecule has 17 heteroatoms. The number of rotatable bonds is 19. The first-order valence-electron chi connectivity index (χ1n) is 25.2. The van der Waals surface area contributed by atoms with Crippen molar-refractivity contribution in [1.82, 2.24) is 0 Å². The Morgan fingerprint density at radius 3 is 0.988 bits per heavy atom. The Bertz CT molecular complexity index is 3200. The summed E-state index contributed by atoms with van der Waals surface area (Å²) in [7, 11) is 10.6. The maximum atomic E-state index is 9.96. The van der Waals surface area contributed by atoms with Crippen molar-refractivity contribution in [3.05, 3.63) is 184 Å². The van der Waals surface area contributed by atoms with Crippen molar-refractivity contribution in [2.45, 2.75) is 51.4 Å². The largest absolute Gasteiger partial charge is 0.508 e. The molecule has 8 aromatic carbocycles. The van der Waals surface area contributed by atoms with Gasteiger partial charge >= 0.3 is 0 Å². The lowest BCUT2D eigenvalue weighted by atomic mass is 10.0. The molecule has 0 amide bonds. The van der Waals surface area contributed by atoms with Crippen LogP contribution in [-0.4, -0.2) is 101 Å². The van der Waals surface area contributed by atoms with E-state index in [1.165, 1.54) is 54.8 Å². The third-order valence-corrected chi connectivity index (χ3v) is 12.4. The number of aromatic hydroxyl groups is 10. The maximum absolute atomic E-state index is 9.96. The van der Waals surface area contributed by atoms with E-state index >= 15 is 0 Å². The van der Waals surface area contributed by atoms with Gasteiger partial charge < -0.3 is 84.2 Å². The fourth-order valence-corrected chi connectivity index (χ4v) is 8.37. The molecule has 424 valence electrons. The van der Waals surface area contributed by atoms with Gasteiger partial charge in [0, 0.05) is 18.2 Å². The summed E-state index contributed by atoms with van der Waals surface area (Å²) in [5.41, 5.74) is 7.64. The van der Waals surface area contributed by atoms with E-state index in [1.54, 1.807) is 104 Å². The summed E-state index contributed by atoms with van der Waals surface area (Å²) < 4.78 is 35.9. The van der Waals surface area contributed by atoms with E-state index < -0.39 is 0 Å². The molecule has 0 atom stereocenters. The van der Waals surface area contributed by atoms with Crippen LogP contribution in [0, 0.1) is 0 Å². The molecular weight excluding hydrogens is 1030 g/mol. The van der Waals surface area contributed by atoms with Gasteiger partial charge in [-0.05, 0) is 193 Å². The Hall–Kier alpha value is -9.64. The summed E-state index contributed by atoms with van der Waals surface area (Å²) in [5.74, 6) is 4.05. The molecule has 0 aliphatic heterocycles. The van der Waals surface area contributed by atoms with Gasteiger partial charge in [0.2, 0.25) is 11.5 Å². The first kappa shape index (κ1) is 61.2. The smallest absolute Gasteiger partial charge is 0.203 e. The molecule has 0 aliphatic carbocycles. The van der Waals surface area contributed by atoms with Gasteiger partial charge in [0.15, 0.2) is 46.0 Å². The summed E-state index contributed by atoms with van der Waals surface area (Å²) in [6.45, 7) is 0. The fraction of sp³-hybridized carbons (Fsp3) is 0.238. The van der Waals surface area contributed by atoms with Gasteiger partial charge in [-0.25, -0.2) is 0 Å². The number of ether oxygens (including phenoxy) is 7. The average molecular weight is 1100 g/mol. The predicted molar refractivity (Wildman–Crippen MR) is 304 cm³/mol. The topological polar surface area (TPSA) is 267 Å². The molecule has 0 bridgehead atoms. The molecule has 8 aromatic rings. The fourth-order valence-electron chi connectivity index (χ4n) is 8.37. The van der Waals surface area contributed by atoms with E-state index in [-0.39, 0.29) is 57.5 Å². The quantitative estimate of drug-likeness (QED) is 0.0361. The highest BCUT2D eigenvalue weighted by molar-refractivity contribution is 5.54. The molecule has 80 heavy (non-hydrogen) atoms. The number of phenols is 10. The first-order chi connectivity index (χ1) is 38.4. The third-order valence-electron chi connectivity index (χ3n) is 12.4. The second-order valence-corrected chi connectivity index (χ2v) is 18.1. The SMILES string of the molecule is COc1cc(CCc2cc(O)c(OC)c(OC)c2)ccc1O.COc1cc(CCc2cc(O)cc(O)c2)ccc1O.COc1cc(O)cc(CCc2cc(OC)c(O)c(OC)c2)c1.Oc1cccc(CCc2cc(O)cc(O)c2)c1. The summed E-state index contributed by atoms with van der Waals surface area (Å²) >= 11 is 0. The zero-order valence-electron chi connectivity index (χ0n) is 45.8. The second kappa shape index (κ2) is 30.3. The van der Waals surface area contributed by atoms with Crippen LogP contribution in [0.3, 0.4) is 0 Å². The number of phenolic OH excluding ortho intramolecular Hbond substituents is 10. The standard InChI is InChI=1S/2C17H20O5.C15H16O4.C14H14O3/c1-20-14-7-11(6-13(18)10-14)4-5-12-8-15(21-2)17(19)16(9-12)22-3;1-20-15-9-11(6-7-13(15)18)4-5-12-8-14(19)17(22-3)16(10-12)21-2;1-19-15-8-10(4-5-14(15)18)2-3-11-6-12(16)9-13(17)7-11;15-12-3-1-2-10(6-12)4-5-11-7-13(16)9-14(17)8-11/h2*6-10,18-19H,4-5H2,1-3H3;4-9,16-18H,2-3H2,1H3;1-3,6-9,15-17H,4-5H2. The van der Waals surface area contributed by atoms with Gasteiger partial charge in [-0.3, -0.25) is 0 Å². The molecule has 10 N–H and O–H groups in total. The Balaban J connectivity index is 0.000000197. The molecule has 0 heterocycles. The number of benzene rings is 8. The molecule has 0 aliphatic rings. The van der Waals surface area contributed by atoms with Crippen LogP contribution in [0.1, 0.15) is 44.5 Å². The maximum Gasteiger partial charge on any atom is 0.203 e. The summed E-state index contributed by atoms with van der Waals surface area (Å²) in [4.78, 5) is 0. The Labute approximate surface area is 465 Å². The molecule has 0 aromatic heterocycles. The highest BCUT2D eigenvalue weighted by Gasteiger charge is 2.14. The van der Waals surface area contributed by atoms with Crippen LogP contribution in [-0.2, 0) is 51.4 Å². The van der Waals surface area contributed by atoms with Crippen LogP contribution >= 0.6 is 0 Å². The van der Waals surface area contributed by atoms with Gasteiger partial charge in [0.05, 0.1) is 49.8 Å². The zero-order chi connectivity index (χ0) is 58.3. The van der Waals surface area contributed by atoms with Crippen molar-refractivity contribution in [3.63, 3.8) is 0 Å². The molecule has 0 radical (unpaired) electrons. The molecule has 0 saturated heterocycles. The van der Waals surface area contributed by atoms with Crippen molar-refractivity contribution in [2.75, 3.05) is 49.8 Å². The van der Waals surface area contributed by atoms with Gasteiger partial charge in [-0.2, -0.15) is 0 Å². The number of hydrogen-bond donors (Lipinski definition) is 10. The Morgan fingerprint density at radius 2 is 0.588 bits per heavy atom. The van der Waals surface area contributed by atoms with E-state index in [4.69, 9.17) is 33.2 Å². The predicted octanol–water partition coefficient (Wildman–Crippen LogP) is 11.0. The lowest BCUT2D eigenvalue weighted by Crippen LogP contribution is -1.96. The molecule has 17 nitrogen and oxygen atoms in total. The highest BCUT2D eigenvalue weighted by Crippen LogP contribution is 2.39. The molecule has 0 spiro atoms. The number of methoxy groups -OCH3 is 7. The van der Waals surface area contributed by atoms with Crippen LogP contribution in [0.5, 0.6) is 97.7 Å². The van der Waals surface area contributed by atoms with E-state index in [2.05, 4.69) is 0 Å². The number of hydrogen-bond acceptors (Lipinski definition) is 17. The Morgan fingerprint density at radius 1 is 0.250 bits per heavy atom. The van der Waals surface area contributed by atoms with Crippen LogP contribution < -0.4 is 33.2 Å². The minimum atomic E-state index is -0.00669. The van der Waals surface area contributed by atoms with Gasteiger partial charge in [0.1, 0.15) is 40.2 Å². The van der Waals surface area contributed by atoms with Crippen molar-refractivity contribution in [2.24, 2.45) is 0 Å². The lowest BCUT2D eigenvalue weighted by molar-refractivity contribution is 0.332. The van der Waals surface area contributed by atoms with E-state index in [9.17, 15) is 51.1 Å². The van der Waals surface area contributed by atoms with E-state index in [0.29, 0.717) is 72.4 Å². The van der Waals surface area contributed by atoms with Crippen LogP contribution in [0.15, 0.2) is 140 Å². The second-order valence-electron chi connectivity index (χ2n) is 18.1. The van der Waals surface area contributed by atoms with Crippen LogP contribution in [0.2, 0.25) is 0 Å². The third kappa shape index (κ3) is 18.8. The lowest BCUT2D eigenvalue weighted by Gasteiger charge is -2.12. The molecule has 0 unspecified atom stereocenters. The zero-order valence-corrected chi connectivity index (χ0v) is 45.8. The molecule has 0 fully saturated rings. The van der Waals surface area contributed by atoms with Crippen LogP contribution in [0.25, 0.3) is 0 Å². The van der Waals surface area contributed by atoms with E-state index in [0.717, 1.165) is 63.8 Å². The summed E-state index contributed by atoms with van der Waals surface area (Å²) in [6.07, 6.45) is 5.72. The van der Waals surface area contributed by atoms with Crippen molar-refractivity contribution in [1.29, 1.82) is 0 Å². The highest BCUT2D eigenvalue weighted by atomic mass is 16.5. The normalized spacial score (nSPS) is 10.3. The van der Waals surface area contributed by atoms with Crippen molar-refractivity contribution < 1.29 is 84.2 Å². The number of aryl methyl sites for hydroxylation is 8. The van der Waals surface area contributed by atoms with Crippen molar-refractivity contribution in [3.8, 4) is 97.7 Å². The molecular formula is C63H70O17. The minimum absolute atomic E-state index is 0.00669. The minimum Gasteiger partial charge on any atom is -0.508 e. The average Bonchev–Trinajstić information content (AvgIpc) is 3.45. The van der Waals surface area contributed by atoms with Crippen molar-refractivity contribution >= 4 is 0 Å². The molecule has 0 saturated carbocycles. The summed E-state index contributed by atoms with van der Waals surface area (Å²) in [6, 6.07) is 38.8. The van der Waals surface area contributed by atoms with E-state index in [1.807, 2.05) is 30.3 Å². The first-order valence-corrected chi connectivity index (χ1v) is 25.2. The van der Waals surface area contributed by atoms with Crippen LogP contribution in [0.4, 0.5) is 0 Å².